The number of carbonyl (C=O) groups excluding carboxylic acids is 2. The number of thiazole rings is 1. The van der Waals surface area contributed by atoms with Gasteiger partial charge in [-0.25, -0.2) is 4.98 Å². The average Bonchev–Trinajstić information content (AvgIpc) is 2.92. The first-order valence-corrected chi connectivity index (χ1v) is 7.62. The number of aromatic nitrogens is 1. The Labute approximate surface area is 136 Å². The number of methoxy groups -OCH3 is 1. The lowest BCUT2D eigenvalue weighted by Crippen LogP contribution is -2.25. The lowest BCUT2D eigenvalue weighted by molar-refractivity contribution is -0.304. The van der Waals surface area contributed by atoms with Gasteiger partial charge in [-0.1, -0.05) is 12.1 Å². The smallest absolute Gasteiger partial charge is 0.227 e. The number of carbonyl (C=O) groups is 2. The van der Waals surface area contributed by atoms with Gasteiger partial charge in [-0.2, -0.15) is 0 Å². The summed E-state index contributed by atoms with van der Waals surface area (Å²) in [5, 5.41) is 25.2. The van der Waals surface area contributed by atoms with Crippen LogP contribution in [0.4, 0.5) is 0 Å². The lowest BCUT2D eigenvalue weighted by atomic mass is 10.2. The minimum atomic E-state index is -1.21. The number of nitrogens with zero attached hydrogens (tertiary/aromatic N) is 1. The predicted molar refractivity (Wildman–Crippen MR) is 81.0 cm³/mol. The lowest BCUT2D eigenvalue weighted by Gasteiger charge is -2.09. The zero-order chi connectivity index (χ0) is 16.8. The van der Waals surface area contributed by atoms with E-state index in [0.717, 1.165) is 0 Å². The van der Waals surface area contributed by atoms with E-state index in [1.165, 1.54) is 18.4 Å². The molecule has 0 aliphatic heterocycles. The molecule has 122 valence electrons. The first-order valence-electron chi connectivity index (χ1n) is 6.74. The number of aromatic hydroxyl groups is 1. The van der Waals surface area contributed by atoms with Crippen molar-refractivity contribution < 1.29 is 24.5 Å². The molecule has 1 amide bonds. The van der Waals surface area contributed by atoms with Crippen LogP contribution in [0.1, 0.15) is 16.3 Å². The number of ether oxygens (including phenoxy) is 1. The molecular weight excluding hydrogens is 320 g/mol. The molecule has 0 saturated heterocycles. The fourth-order valence-electron chi connectivity index (χ4n) is 1.93. The maximum Gasteiger partial charge on any atom is 0.227 e. The molecule has 1 heterocycles. The first kappa shape index (κ1) is 16.8. The second-order valence-corrected chi connectivity index (χ2v) is 5.65. The topological polar surface area (TPSA) is 112 Å². The van der Waals surface area contributed by atoms with Crippen molar-refractivity contribution in [2.45, 2.75) is 19.4 Å². The highest BCUT2D eigenvalue weighted by Gasteiger charge is 2.11. The number of hydrogen-bond donors (Lipinski definition) is 2. The van der Waals surface area contributed by atoms with Crippen LogP contribution >= 0.6 is 11.3 Å². The molecular formula is C15H15N2O5S-. The summed E-state index contributed by atoms with van der Waals surface area (Å²) in [6.45, 7) is 0.152. The van der Waals surface area contributed by atoms with Gasteiger partial charge in [0.25, 0.3) is 0 Å². The molecule has 0 bridgehead atoms. The van der Waals surface area contributed by atoms with Crippen molar-refractivity contribution in [2.24, 2.45) is 0 Å². The van der Waals surface area contributed by atoms with Crippen LogP contribution < -0.4 is 15.2 Å². The van der Waals surface area contributed by atoms with Crippen molar-refractivity contribution >= 4 is 23.2 Å². The monoisotopic (exact) mass is 335 g/mol. The summed E-state index contributed by atoms with van der Waals surface area (Å²) in [4.78, 5) is 26.4. The van der Waals surface area contributed by atoms with E-state index in [2.05, 4.69) is 10.3 Å². The number of aliphatic carboxylic acids is 1. The zero-order valence-corrected chi connectivity index (χ0v) is 13.2. The Balaban J connectivity index is 1.90. The van der Waals surface area contributed by atoms with Gasteiger partial charge in [0.05, 0.1) is 19.2 Å². The van der Waals surface area contributed by atoms with Gasteiger partial charge < -0.3 is 25.1 Å². The average molecular weight is 335 g/mol. The number of benzene rings is 1. The normalized spacial score (nSPS) is 10.3. The van der Waals surface area contributed by atoms with E-state index in [1.54, 1.807) is 23.6 Å². The van der Waals surface area contributed by atoms with Crippen molar-refractivity contribution in [3.63, 3.8) is 0 Å². The number of hydrogen-bond acceptors (Lipinski definition) is 7. The molecule has 7 nitrogen and oxygen atoms in total. The molecule has 2 aromatic rings. The number of nitrogens with one attached hydrogen (secondary N) is 1. The van der Waals surface area contributed by atoms with Crippen LogP contribution in [0.3, 0.4) is 0 Å². The van der Waals surface area contributed by atoms with E-state index in [1.807, 2.05) is 0 Å². The molecule has 0 aliphatic rings. The standard InChI is InChI=1S/C15H16N2O5S/c1-22-11-4-2-3-9(15(11)21)7-16-12(18)6-13-17-10(8-23-13)5-14(19)20/h2-4,8,21H,5-7H2,1H3,(H,16,18)(H,19,20)/p-1. The van der Waals surface area contributed by atoms with Crippen molar-refractivity contribution in [3.05, 3.63) is 39.8 Å². The fraction of sp³-hybridized carbons (Fsp3) is 0.267. The maximum atomic E-state index is 11.9. The number of phenols is 1. The van der Waals surface area contributed by atoms with Gasteiger partial charge >= 0.3 is 0 Å². The number of para-hydroxylation sites is 1. The summed E-state index contributed by atoms with van der Waals surface area (Å²) in [7, 11) is 1.45. The summed E-state index contributed by atoms with van der Waals surface area (Å²) >= 11 is 1.22. The van der Waals surface area contributed by atoms with Crippen LogP contribution in [-0.4, -0.2) is 29.1 Å². The Morgan fingerprint density at radius 3 is 2.87 bits per heavy atom. The summed E-state index contributed by atoms with van der Waals surface area (Å²) in [6.07, 6.45) is -0.224. The Morgan fingerprint density at radius 1 is 1.39 bits per heavy atom. The largest absolute Gasteiger partial charge is 0.550 e. The second kappa shape index (κ2) is 7.59. The van der Waals surface area contributed by atoms with Crippen molar-refractivity contribution in [1.82, 2.24) is 10.3 Å². The van der Waals surface area contributed by atoms with Gasteiger partial charge in [0.2, 0.25) is 5.91 Å². The Morgan fingerprint density at radius 2 is 2.17 bits per heavy atom. The van der Waals surface area contributed by atoms with E-state index in [9.17, 15) is 19.8 Å². The van der Waals surface area contributed by atoms with Gasteiger partial charge in [0.15, 0.2) is 11.5 Å². The van der Waals surface area contributed by atoms with Crippen LogP contribution in [0.15, 0.2) is 23.6 Å². The number of carboxylic acid groups (broad SMARTS) is 1. The summed E-state index contributed by atoms with van der Waals surface area (Å²) in [6, 6.07) is 5.02. The molecule has 0 radical (unpaired) electrons. The molecule has 0 spiro atoms. The van der Waals surface area contributed by atoms with Gasteiger partial charge in [0, 0.05) is 29.9 Å². The number of amides is 1. The molecule has 8 heteroatoms. The second-order valence-electron chi connectivity index (χ2n) is 4.70. The SMILES string of the molecule is COc1cccc(CNC(=O)Cc2nc(CC(=O)[O-])cs2)c1O. The van der Waals surface area contributed by atoms with Crippen LogP contribution in [-0.2, 0) is 29.0 Å². The Bertz CT molecular complexity index is 714. The van der Waals surface area contributed by atoms with E-state index in [4.69, 9.17) is 4.74 Å². The van der Waals surface area contributed by atoms with Crippen LogP contribution in [0, 0.1) is 0 Å². The number of rotatable bonds is 7. The minimum Gasteiger partial charge on any atom is -0.550 e. The molecule has 0 fully saturated rings. The minimum absolute atomic E-state index is 0.0132. The van der Waals surface area contributed by atoms with E-state index >= 15 is 0 Å². The van der Waals surface area contributed by atoms with Crippen molar-refractivity contribution in [1.29, 1.82) is 0 Å². The van der Waals surface area contributed by atoms with Gasteiger partial charge in [-0.3, -0.25) is 4.79 Å². The van der Waals surface area contributed by atoms with Gasteiger partial charge in [-0.15, -0.1) is 11.3 Å². The zero-order valence-electron chi connectivity index (χ0n) is 12.4. The summed E-state index contributed by atoms with van der Waals surface area (Å²) in [5.74, 6) is -1.16. The third-order valence-electron chi connectivity index (χ3n) is 3.02. The highest BCUT2D eigenvalue weighted by atomic mass is 32.1. The highest BCUT2D eigenvalue weighted by molar-refractivity contribution is 7.09. The van der Waals surface area contributed by atoms with Crippen molar-refractivity contribution in [3.8, 4) is 11.5 Å². The molecule has 0 atom stereocenters. The van der Waals surface area contributed by atoms with Gasteiger partial charge in [0.1, 0.15) is 5.01 Å². The Kier molecular flexibility index (Phi) is 5.53. The third-order valence-corrected chi connectivity index (χ3v) is 3.91. The molecule has 0 aliphatic carbocycles. The third kappa shape index (κ3) is 4.68. The molecule has 0 unspecified atom stereocenters. The van der Waals surface area contributed by atoms with Crippen molar-refractivity contribution in [2.75, 3.05) is 7.11 Å². The maximum absolute atomic E-state index is 11.9. The highest BCUT2D eigenvalue weighted by Crippen LogP contribution is 2.29. The molecule has 0 saturated carbocycles. The van der Waals surface area contributed by atoms with E-state index in [-0.39, 0.29) is 31.0 Å². The number of carboxylic acids is 1. The summed E-state index contributed by atoms with van der Waals surface area (Å²) < 4.78 is 5.00. The molecule has 23 heavy (non-hydrogen) atoms. The van der Waals surface area contributed by atoms with E-state index < -0.39 is 5.97 Å². The number of phenolic OH excluding ortho intramolecular Hbond substituents is 1. The molecule has 2 N–H and O–H groups in total. The molecule has 1 aromatic heterocycles. The quantitative estimate of drug-likeness (QED) is 0.737. The molecule has 2 rings (SSSR count). The Hall–Kier alpha value is -2.61. The van der Waals surface area contributed by atoms with Crippen LogP contribution in [0.2, 0.25) is 0 Å². The first-order chi connectivity index (χ1) is 11.0. The predicted octanol–water partition coefficient (Wildman–Crippen LogP) is 0.00860. The van der Waals surface area contributed by atoms with Crippen LogP contribution in [0.5, 0.6) is 11.5 Å². The van der Waals surface area contributed by atoms with Crippen LogP contribution in [0.25, 0.3) is 0 Å². The fourth-order valence-corrected chi connectivity index (χ4v) is 2.72. The summed E-state index contributed by atoms with van der Waals surface area (Å²) in [5.41, 5.74) is 0.915. The van der Waals surface area contributed by atoms with Gasteiger partial charge in [-0.05, 0) is 6.07 Å². The molecule has 1 aromatic carbocycles. The van der Waals surface area contributed by atoms with E-state index in [0.29, 0.717) is 22.0 Å².